The van der Waals surface area contributed by atoms with Crippen LogP contribution in [0.4, 0.5) is 5.82 Å². The molecule has 0 saturated heterocycles. The number of nitrogens with zero attached hydrogens (tertiary/aromatic N) is 5. The van der Waals surface area contributed by atoms with E-state index in [1.807, 2.05) is 13.8 Å². The fourth-order valence-electron chi connectivity index (χ4n) is 2.07. The molecule has 0 aliphatic carbocycles. The second-order valence-electron chi connectivity index (χ2n) is 4.54. The van der Waals surface area contributed by atoms with Crippen LogP contribution < -0.4 is 5.01 Å². The molecular weight excluding hydrogens is 290 g/mol. The van der Waals surface area contributed by atoms with Gasteiger partial charge in [-0.25, -0.2) is 15.0 Å². The van der Waals surface area contributed by atoms with Crippen LogP contribution in [0.15, 0.2) is 29.8 Å². The lowest BCUT2D eigenvalue weighted by molar-refractivity contribution is 0.813. The molecule has 0 radical (unpaired) electrons. The van der Waals surface area contributed by atoms with Crippen molar-refractivity contribution in [3.8, 4) is 6.07 Å². The number of halogens is 1. The number of hydrogen-bond donors (Lipinski definition) is 0. The van der Waals surface area contributed by atoms with Crippen molar-refractivity contribution in [1.29, 1.82) is 5.26 Å². The van der Waals surface area contributed by atoms with Gasteiger partial charge in [0, 0.05) is 6.07 Å². The number of anilines is 1. The summed E-state index contributed by atoms with van der Waals surface area (Å²) in [4.78, 5) is 18.8. The number of nitroso groups, excluding NO2 is 1. The first-order valence-electron chi connectivity index (χ1n) is 6.13. The Morgan fingerprint density at radius 2 is 1.95 bits per heavy atom. The molecule has 0 fully saturated rings. The van der Waals surface area contributed by atoms with Gasteiger partial charge in [0.05, 0.1) is 23.5 Å². The van der Waals surface area contributed by atoms with E-state index in [2.05, 4.69) is 21.3 Å². The standard InChI is InChI=1S/C14H12ClN5O/c1-9-3-11(6-16)4-10(2)12(9)7-20(19-21)14-5-13(15)17-8-18-14/h3-5,8H,7H2,1-2H3. The first-order valence-corrected chi connectivity index (χ1v) is 6.51. The molecule has 7 heteroatoms. The molecule has 106 valence electrons. The van der Waals surface area contributed by atoms with Crippen molar-refractivity contribution in [2.45, 2.75) is 20.4 Å². The minimum absolute atomic E-state index is 0.238. The lowest BCUT2D eigenvalue weighted by Gasteiger charge is -2.17. The van der Waals surface area contributed by atoms with Gasteiger partial charge in [0.1, 0.15) is 11.5 Å². The van der Waals surface area contributed by atoms with Gasteiger partial charge in [0.25, 0.3) is 0 Å². The predicted molar refractivity (Wildman–Crippen MR) is 79.7 cm³/mol. The number of hydrogen-bond acceptors (Lipinski definition) is 5. The summed E-state index contributed by atoms with van der Waals surface area (Å²) in [7, 11) is 0. The molecule has 2 aromatic rings. The first-order chi connectivity index (χ1) is 10.0. The zero-order valence-electron chi connectivity index (χ0n) is 11.5. The topological polar surface area (TPSA) is 82.2 Å². The van der Waals surface area contributed by atoms with Crippen molar-refractivity contribution in [3.05, 3.63) is 56.8 Å². The Labute approximate surface area is 127 Å². The van der Waals surface area contributed by atoms with E-state index < -0.39 is 0 Å². The smallest absolute Gasteiger partial charge is 0.157 e. The quantitative estimate of drug-likeness (QED) is 0.491. The van der Waals surface area contributed by atoms with Crippen molar-refractivity contribution in [2.75, 3.05) is 5.01 Å². The van der Waals surface area contributed by atoms with Gasteiger partial charge in [-0.15, -0.1) is 4.91 Å². The van der Waals surface area contributed by atoms with Gasteiger partial charge in [-0.2, -0.15) is 5.26 Å². The minimum Gasteiger partial charge on any atom is -0.224 e. The fourth-order valence-corrected chi connectivity index (χ4v) is 2.22. The summed E-state index contributed by atoms with van der Waals surface area (Å²) < 4.78 is 0. The Morgan fingerprint density at radius 3 is 2.48 bits per heavy atom. The third kappa shape index (κ3) is 3.33. The minimum atomic E-state index is 0.238. The molecular formula is C14H12ClN5O. The molecule has 0 unspecified atom stereocenters. The lowest BCUT2D eigenvalue weighted by atomic mass is 9.99. The molecule has 1 aromatic carbocycles. The van der Waals surface area contributed by atoms with E-state index >= 15 is 0 Å². The highest BCUT2D eigenvalue weighted by molar-refractivity contribution is 6.29. The molecule has 0 bridgehead atoms. The highest BCUT2D eigenvalue weighted by Crippen LogP contribution is 2.22. The second-order valence-corrected chi connectivity index (χ2v) is 4.93. The zero-order valence-corrected chi connectivity index (χ0v) is 12.3. The van der Waals surface area contributed by atoms with Crippen molar-refractivity contribution in [3.63, 3.8) is 0 Å². The van der Waals surface area contributed by atoms with Crippen LogP contribution in [0.1, 0.15) is 22.3 Å². The average Bonchev–Trinajstić information content (AvgIpc) is 2.46. The Kier molecular flexibility index (Phi) is 4.45. The van der Waals surface area contributed by atoms with E-state index in [-0.39, 0.29) is 11.7 Å². The van der Waals surface area contributed by atoms with Gasteiger partial charge in [-0.3, -0.25) is 0 Å². The normalized spacial score (nSPS) is 10.0. The monoisotopic (exact) mass is 301 g/mol. The lowest BCUT2D eigenvalue weighted by Crippen LogP contribution is -2.18. The molecule has 2 rings (SSSR count). The van der Waals surface area contributed by atoms with Crippen molar-refractivity contribution in [1.82, 2.24) is 9.97 Å². The summed E-state index contributed by atoms with van der Waals surface area (Å²) >= 11 is 5.79. The van der Waals surface area contributed by atoms with Crippen LogP contribution in [0.25, 0.3) is 0 Å². The van der Waals surface area contributed by atoms with E-state index in [9.17, 15) is 4.91 Å². The molecule has 0 amide bonds. The third-order valence-corrected chi connectivity index (χ3v) is 3.32. The van der Waals surface area contributed by atoms with Gasteiger partial charge < -0.3 is 0 Å². The number of nitriles is 1. The maximum Gasteiger partial charge on any atom is 0.157 e. The highest BCUT2D eigenvalue weighted by atomic mass is 35.5. The van der Waals surface area contributed by atoms with Gasteiger partial charge >= 0.3 is 0 Å². The van der Waals surface area contributed by atoms with Crippen molar-refractivity contribution >= 4 is 17.4 Å². The van der Waals surface area contributed by atoms with E-state index in [1.165, 1.54) is 17.4 Å². The van der Waals surface area contributed by atoms with Crippen molar-refractivity contribution in [2.24, 2.45) is 5.29 Å². The predicted octanol–water partition coefficient (Wildman–Crippen LogP) is 3.31. The second kappa shape index (κ2) is 6.29. The van der Waals surface area contributed by atoms with Crippen molar-refractivity contribution < 1.29 is 0 Å². The molecule has 0 aliphatic heterocycles. The largest absolute Gasteiger partial charge is 0.224 e. The molecule has 0 spiro atoms. The Bertz CT molecular complexity index is 703. The molecule has 1 heterocycles. The Balaban J connectivity index is 2.36. The molecule has 1 aromatic heterocycles. The van der Waals surface area contributed by atoms with Crippen LogP contribution in [0, 0.1) is 30.1 Å². The van der Waals surface area contributed by atoms with E-state index in [0.29, 0.717) is 11.4 Å². The zero-order chi connectivity index (χ0) is 15.4. The molecule has 0 N–H and O–H groups in total. The number of benzene rings is 1. The molecule has 6 nitrogen and oxygen atoms in total. The number of aromatic nitrogens is 2. The number of aryl methyl sites for hydroxylation is 2. The Hall–Kier alpha value is -2.52. The maximum atomic E-state index is 11.1. The maximum absolute atomic E-state index is 11.1. The summed E-state index contributed by atoms with van der Waals surface area (Å²) in [6.07, 6.45) is 1.27. The van der Waals surface area contributed by atoms with Crippen LogP contribution in [-0.2, 0) is 6.54 Å². The van der Waals surface area contributed by atoms with Crippen LogP contribution in [0.2, 0.25) is 5.15 Å². The summed E-state index contributed by atoms with van der Waals surface area (Å²) in [5.74, 6) is 0.327. The molecule has 0 aliphatic rings. The third-order valence-electron chi connectivity index (χ3n) is 3.12. The average molecular weight is 302 g/mol. The van der Waals surface area contributed by atoms with Crippen LogP contribution in [0.5, 0.6) is 0 Å². The van der Waals surface area contributed by atoms with Crippen LogP contribution in [0.3, 0.4) is 0 Å². The van der Waals surface area contributed by atoms with E-state index in [1.54, 1.807) is 12.1 Å². The Morgan fingerprint density at radius 1 is 1.29 bits per heavy atom. The summed E-state index contributed by atoms with van der Waals surface area (Å²) in [6.45, 7) is 4.03. The van der Waals surface area contributed by atoms with Crippen LogP contribution in [-0.4, -0.2) is 9.97 Å². The fraction of sp³-hybridized carbons (Fsp3) is 0.214. The highest BCUT2D eigenvalue weighted by Gasteiger charge is 2.14. The van der Waals surface area contributed by atoms with Gasteiger partial charge in [0.2, 0.25) is 0 Å². The first kappa shape index (κ1) is 14.9. The molecule has 21 heavy (non-hydrogen) atoms. The van der Waals surface area contributed by atoms with Gasteiger partial charge in [-0.05, 0) is 42.7 Å². The SMILES string of the molecule is Cc1cc(C#N)cc(C)c1CN(N=O)c1cc(Cl)ncn1. The molecule has 0 saturated carbocycles. The summed E-state index contributed by atoms with van der Waals surface area (Å²) in [5, 5.41) is 13.4. The summed E-state index contributed by atoms with van der Waals surface area (Å²) in [6, 6.07) is 7.13. The summed E-state index contributed by atoms with van der Waals surface area (Å²) in [5.41, 5.74) is 3.34. The van der Waals surface area contributed by atoms with Gasteiger partial charge in [0.15, 0.2) is 5.82 Å². The van der Waals surface area contributed by atoms with E-state index in [0.717, 1.165) is 16.7 Å². The number of rotatable bonds is 4. The van der Waals surface area contributed by atoms with Gasteiger partial charge in [-0.1, -0.05) is 11.6 Å². The molecule has 0 atom stereocenters. The van der Waals surface area contributed by atoms with E-state index in [4.69, 9.17) is 16.9 Å². The van der Waals surface area contributed by atoms with Crippen LogP contribution >= 0.6 is 11.6 Å².